The SMILES string of the molecule is CC=C(C)C.O=C(O)O.O=C1CCCCCO1. The molecule has 17 heavy (non-hydrogen) atoms. The lowest BCUT2D eigenvalue weighted by molar-refractivity contribution is -0.142. The maximum absolute atomic E-state index is 10.5. The lowest BCUT2D eigenvalue weighted by atomic mass is 10.2. The maximum Gasteiger partial charge on any atom is 0.503 e. The minimum absolute atomic E-state index is 0.0255. The molecule has 1 heterocycles. The fourth-order valence-electron chi connectivity index (χ4n) is 0.806. The highest BCUT2D eigenvalue weighted by Crippen LogP contribution is 2.06. The van der Waals surface area contributed by atoms with E-state index in [1.165, 1.54) is 5.57 Å². The van der Waals surface area contributed by atoms with Crippen LogP contribution >= 0.6 is 0 Å². The number of allylic oxidation sites excluding steroid dienone is 2. The smallest absolute Gasteiger partial charge is 0.466 e. The highest BCUT2D eigenvalue weighted by molar-refractivity contribution is 5.69. The third-order valence-electron chi connectivity index (χ3n) is 1.87. The minimum atomic E-state index is -1.83. The molecular weight excluding hydrogens is 224 g/mol. The molecule has 2 N–H and O–H groups in total. The molecule has 0 aromatic carbocycles. The number of hydrogen-bond acceptors (Lipinski definition) is 3. The second-order valence-electron chi connectivity index (χ2n) is 3.68. The normalized spacial score (nSPS) is 13.7. The number of carbonyl (C=O) groups is 2. The molecule has 0 unspecified atom stereocenters. The zero-order valence-corrected chi connectivity index (χ0v) is 10.7. The van der Waals surface area contributed by atoms with E-state index in [1.807, 2.05) is 6.92 Å². The third kappa shape index (κ3) is 25.1. The van der Waals surface area contributed by atoms with Gasteiger partial charge in [-0.1, -0.05) is 11.6 Å². The first-order valence-corrected chi connectivity index (χ1v) is 5.57. The van der Waals surface area contributed by atoms with E-state index in [-0.39, 0.29) is 5.97 Å². The topological polar surface area (TPSA) is 83.8 Å². The van der Waals surface area contributed by atoms with Gasteiger partial charge in [-0.3, -0.25) is 4.79 Å². The van der Waals surface area contributed by atoms with Crippen molar-refractivity contribution in [1.82, 2.24) is 0 Å². The molecule has 5 nitrogen and oxygen atoms in total. The van der Waals surface area contributed by atoms with E-state index in [9.17, 15) is 4.79 Å². The Labute approximate surface area is 102 Å². The molecule has 0 saturated carbocycles. The Hall–Kier alpha value is -1.52. The Morgan fingerprint density at radius 3 is 2.12 bits per heavy atom. The number of carboxylic acid groups (broad SMARTS) is 2. The quantitative estimate of drug-likeness (QED) is 0.506. The Balaban J connectivity index is 0. The molecule has 1 fully saturated rings. The number of carbonyl (C=O) groups excluding carboxylic acids is 1. The predicted octanol–water partition coefficient (Wildman–Crippen LogP) is 3.30. The largest absolute Gasteiger partial charge is 0.503 e. The number of hydrogen-bond donors (Lipinski definition) is 2. The summed E-state index contributed by atoms with van der Waals surface area (Å²) in [4.78, 5) is 19.0. The van der Waals surface area contributed by atoms with Crippen molar-refractivity contribution in [1.29, 1.82) is 0 Å². The van der Waals surface area contributed by atoms with Crippen molar-refractivity contribution in [2.24, 2.45) is 0 Å². The van der Waals surface area contributed by atoms with Crippen molar-refractivity contribution in [2.45, 2.75) is 46.5 Å². The molecule has 0 aromatic rings. The number of esters is 1. The standard InChI is InChI=1S/C6H10O2.C5H10.CH2O3/c7-6-4-2-1-3-5-8-6;1-4-5(2)3;2-1(3)4/h1-5H2;4H,1-3H3;(H2,2,3,4). The molecule has 0 spiro atoms. The summed E-state index contributed by atoms with van der Waals surface area (Å²) >= 11 is 0. The van der Waals surface area contributed by atoms with Crippen LogP contribution in [0, 0.1) is 0 Å². The van der Waals surface area contributed by atoms with E-state index in [4.69, 9.17) is 19.7 Å². The van der Waals surface area contributed by atoms with Crippen molar-refractivity contribution in [3.63, 3.8) is 0 Å². The average Bonchev–Trinajstić information content (AvgIpc) is 2.46. The van der Waals surface area contributed by atoms with E-state index in [2.05, 4.69) is 19.9 Å². The van der Waals surface area contributed by atoms with Crippen LogP contribution in [0.5, 0.6) is 0 Å². The summed E-state index contributed by atoms with van der Waals surface area (Å²) in [6.45, 7) is 6.84. The van der Waals surface area contributed by atoms with Crippen molar-refractivity contribution in [3.05, 3.63) is 11.6 Å². The fourth-order valence-corrected chi connectivity index (χ4v) is 0.806. The van der Waals surface area contributed by atoms with Gasteiger partial charge in [-0.25, -0.2) is 4.79 Å². The van der Waals surface area contributed by atoms with Crippen molar-refractivity contribution >= 4 is 12.1 Å². The first-order valence-electron chi connectivity index (χ1n) is 5.57. The fraction of sp³-hybridized carbons (Fsp3) is 0.667. The lowest BCUT2D eigenvalue weighted by Gasteiger charge is -1.93. The van der Waals surface area contributed by atoms with Gasteiger partial charge in [-0.05, 0) is 40.0 Å². The second-order valence-corrected chi connectivity index (χ2v) is 3.68. The van der Waals surface area contributed by atoms with E-state index in [1.54, 1.807) is 0 Å². The molecule has 0 amide bonds. The highest BCUT2D eigenvalue weighted by Gasteiger charge is 2.05. The molecule has 5 heteroatoms. The van der Waals surface area contributed by atoms with Crippen molar-refractivity contribution in [2.75, 3.05) is 6.61 Å². The van der Waals surface area contributed by atoms with Crippen LogP contribution in [0.1, 0.15) is 46.5 Å². The van der Waals surface area contributed by atoms with Gasteiger partial charge >= 0.3 is 12.1 Å². The van der Waals surface area contributed by atoms with E-state index < -0.39 is 6.16 Å². The van der Waals surface area contributed by atoms with Gasteiger partial charge in [0, 0.05) is 6.42 Å². The molecule has 1 aliphatic heterocycles. The molecule has 0 aliphatic carbocycles. The minimum Gasteiger partial charge on any atom is -0.466 e. The lowest BCUT2D eigenvalue weighted by Crippen LogP contribution is -2.00. The highest BCUT2D eigenvalue weighted by atomic mass is 16.6. The van der Waals surface area contributed by atoms with Crippen molar-refractivity contribution < 1.29 is 24.5 Å². The monoisotopic (exact) mass is 246 g/mol. The van der Waals surface area contributed by atoms with E-state index in [0.717, 1.165) is 19.3 Å². The van der Waals surface area contributed by atoms with Crippen LogP contribution in [0.2, 0.25) is 0 Å². The summed E-state index contributed by atoms with van der Waals surface area (Å²) in [5.74, 6) is -0.0255. The summed E-state index contributed by atoms with van der Waals surface area (Å²) in [5, 5.41) is 13.9. The molecule has 0 bridgehead atoms. The van der Waals surface area contributed by atoms with E-state index in [0.29, 0.717) is 13.0 Å². The van der Waals surface area contributed by atoms with Gasteiger partial charge in [0.05, 0.1) is 6.61 Å². The molecule has 100 valence electrons. The van der Waals surface area contributed by atoms with Gasteiger partial charge in [0.2, 0.25) is 0 Å². The first-order chi connectivity index (χ1) is 7.90. The van der Waals surface area contributed by atoms with Gasteiger partial charge < -0.3 is 14.9 Å². The van der Waals surface area contributed by atoms with E-state index >= 15 is 0 Å². The Kier molecular flexibility index (Phi) is 13.2. The van der Waals surface area contributed by atoms with Gasteiger partial charge in [0.25, 0.3) is 0 Å². The second kappa shape index (κ2) is 12.5. The number of ether oxygens (including phenoxy) is 1. The molecule has 0 aromatic heterocycles. The predicted molar refractivity (Wildman–Crippen MR) is 65.2 cm³/mol. The molecule has 0 radical (unpaired) electrons. The Morgan fingerprint density at radius 1 is 1.24 bits per heavy atom. The zero-order valence-electron chi connectivity index (χ0n) is 10.7. The maximum atomic E-state index is 10.5. The summed E-state index contributed by atoms with van der Waals surface area (Å²) < 4.78 is 4.76. The summed E-state index contributed by atoms with van der Waals surface area (Å²) in [5.41, 5.74) is 1.38. The zero-order chi connectivity index (χ0) is 13.7. The Morgan fingerprint density at radius 2 is 1.71 bits per heavy atom. The summed E-state index contributed by atoms with van der Waals surface area (Å²) in [6, 6.07) is 0. The molecule has 0 atom stereocenters. The van der Waals surface area contributed by atoms with Crippen LogP contribution in [-0.4, -0.2) is 28.9 Å². The summed E-state index contributed by atoms with van der Waals surface area (Å²) in [6.07, 6.45) is 4.08. The van der Waals surface area contributed by atoms with Crippen LogP contribution in [0.4, 0.5) is 4.79 Å². The molecular formula is C12H22O5. The third-order valence-corrected chi connectivity index (χ3v) is 1.87. The van der Waals surface area contributed by atoms with Crippen LogP contribution in [0.3, 0.4) is 0 Å². The van der Waals surface area contributed by atoms with Gasteiger partial charge in [-0.2, -0.15) is 0 Å². The van der Waals surface area contributed by atoms with Crippen LogP contribution < -0.4 is 0 Å². The van der Waals surface area contributed by atoms with Crippen molar-refractivity contribution in [3.8, 4) is 0 Å². The molecule has 1 aliphatic rings. The average molecular weight is 246 g/mol. The van der Waals surface area contributed by atoms with Crippen LogP contribution in [0.25, 0.3) is 0 Å². The van der Waals surface area contributed by atoms with Gasteiger partial charge in [0.15, 0.2) is 0 Å². The molecule has 1 rings (SSSR count). The van der Waals surface area contributed by atoms with Crippen LogP contribution in [0.15, 0.2) is 11.6 Å². The summed E-state index contributed by atoms with van der Waals surface area (Å²) in [7, 11) is 0. The van der Waals surface area contributed by atoms with Gasteiger partial charge in [0.1, 0.15) is 0 Å². The molecule has 1 saturated heterocycles. The van der Waals surface area contributed by atoms with Crippen LogP contribution in [-0.2, 0) is 9.53 Å². The number of cyclic esters (lactones) is 1. The van der Waals surface area contributed by atoms with Gasteiger partial charge in [-0.15, -0.1) is 0 Å². The Bertz CT molecular complexity index is 227. The number of rotatable bonds is 0. The first kappa shape index (κ1) is 17.9.